The molecule has 0 spiro atoms. The summed E-state index contributed by atoms with van der Waals surface area (Å²) in [5.41, 5.74) is 0.811. The molecule has 2 aromatic heterocycles. The molecule has 2 heterocycles. The molecule has 0 atom stereocenters. The van der Waals surface area contributed by atoms with Crippen molar-refractivity contribution < 1.29 is 4.74 Å². The number of fused-ring (bicyclic) bond motifs is 1. The summed E-state index contributed by atoms with van der Waals surface area (Å²) in [6.07, 6.45) is 1.72. The van der Waals surface area contributed by atoms with Gasteiger partial charge in [-0.15, -0.1) is 11.3 Å². The Morgan fingerprint density at radius 3 is 2.86 bits per heavy atom. The molecule has 0 amide bonds. The summed E-state index contributed by atoms with van der Waals surface area (Å²) in [6, 6.07) is 7.80. The van der Waals surface area contributed by atoms with Crippen LogP contribution in [0, 0.1) is 0 Å². The van der Waals surface area contributed by atoms with Crippen LogP contribution in [0.2, 0.25) is 10.0 Å². The zero-order chi connectivity index (χ0) is 14.8. The van der Waals surface area contributed by atoms with Crippen LogP contribution in [0.1, 0.15) is 0 Å². The largest absolute Gasteiger partial charge is 0.491 e. The number of ether oxygens (including phenoxy) is 1. The van der Waals surface area contributed by atoms with Gasteiger partial charge in [0.25, 0.3) is 0 Å². The number of benzene rings is 1. The quantitative estimate of drug-likeness (QED) is 0.703. The van der Waals surface area contributed by atoms with Gasteiger partial charge < -0.3 is 14.6 Å². The maximum Gasteiger partial charge on any atom is 0.130 e. The van der Waals surface area contributed by atoms with Crippen molar-refractivity contribution in [2.24, 2.45) is 0 Å². The molecule has 110 valence electrons. The van der Waals surface area contributed by atoms with Crippen molar-refractivity contribution in [3.05, 3.63) is 45.9 Å². The minimum absolute atomic E-state index is 0.576. The Balaban J connectivity index is 1.71. The standard InChI is InChI=1S/C15H14Cl2N2OS/c1-19(13-3-2-8-21-13)6-7-20-12-5-4-10(16)15-14(12)11(17)9-18-15/h2-5,8-9,18H,6-7H2,1H3. The highest BCUT2D eigenvalue weighted by Gasteiger charge is 2.11. The first-order valence-corrected chi connectivity index (χ1v) is 8.13. The number of hydrogen-bond donors (Lipinski definition) is 1. The molecular formula is C15H14Cl2N2OS. The highest BCUT2D eigenvalue weighted by molar-refractivity contribution is 7.14. The van der Waals surface area contributed by atoms with Crippen molar-refractivity contribution in [2.45, 2.75) is 0 Å². The Hall–Kier alpha value is -1.36. The van der Waals surface area contributed by atoms with Gasteiger partial charge in [-0.25, -0.2) is 0 Å². The SMILES string of the molecule is CN(CCOc1ccc(Cl)c2[nH]cc(Cl)c12)c1cccs1. The van der Waals surface area contributed by atoms with Gasteiger partial charge >= 0.3 is 0 Å². The van der Waals surface area contributed by atoms with Crippen LogP contribution in [-0.4, -0.2) is 25.2 Å². The molecule has 3 aromatic rings. The molecule has 1 aromatic carbocycles. The van der Waals surface area contributed by atoms with E-state index in [4.69, 9.17) is 27.9 Å². The number of halogens is 2. The fourth-order valence-corrected chi connectivity index (χ4v) is 3.33. The van der Waals surface area contributed by atoms with Gasteiger partial charge in [0.2, 0.25) is 0 Å². The first kappa shape index (κ1) is 14.6. The summed E-state index contributed by atoms with van der Waals surface area (Å²) < 4.78 is 5.88. The van der Waals surface area contributed by atoms with Gasteiger partial charge in [-0.2, -0.15) is 0 Å². The van der Waals surface area contributed by atoms with Gasteiger partial charge in [-0.1, -0.05) is 23.2 Å². The van der Waals surface area contributed by atoms with E-state index in [-0.39, 0.29) is 0 Å². The Bertz CT molecular complexity index is 740. The second-order valence-corrected chi connectivity index (χ2v) is 6.39. The Morgan fingerprint density at radius 1 is 1.24 bits per heavy atom. The molecule has 0 bridgehead atoms. The van der Waals surface area contributed by atoms with Gasteiger partial charge in [0.15, 0.2) is 0 Å². The molecule has 0 aliphatic rings. The number of rotatable bonds is 5. The van der Waals surface area contributed by atoms with Gasteiger partial charge in [-0.05, 0) is 29.6 Å². The summed E-state index contributed by atoms with van der Waals surface area (Å²) >= 11 is 14.0. The topological polar surface area (TPSA) is 28.3 Å². The second kappa shape index (κ2) is 6.18. The van der Waals surface area contributed by atoms with Crippen molar-refractivity contribution in [1.29, 1.82) is 0 Å². The molecule has 0 aliphatic carbocycles. The predicted octanol–water partition coefficient (Wildman–Crippen LogP) is 5.05. The summed E-state index contributed by atoms with van der Waals surface area (Å²) in [4.78, 5) is 5.23. The van der Waals surface area contributed by atoms with Crippen LogP contribution >= 0.6 is 34.5 Å². The van der Waals surface area contributed by atoms with E-state index < -0.39 is 0 Å². The van der Waals surface area contributed by atoms with E-state index in [9.17, 15) is 0 Å². The molecule has 3 nitrogen and oxygen atoms in total. The Morgan fingerprint density at radius 2 is 2.10 bits per heavy atom. The number of H-pyrrole nitrogens is 1. The van der Waals surface area contributed by atoms with Gasteiger partial charge in [-0.3, -0.25) is 0 Å². The highest BCUT2D eigenvalue weighted by atomic mass is 35.5. The zero-order valence-electron chi connectivity index (χ0n) is 11.4. The smallest absolute Gasteiger partial charge is 0.130 e. The summed E-state index contributed by atoms with van der Waals surface area (Å²) in [6.45, 7) is 1.37. The summed E-state index contributed by atoms with van der Waals surface area (Å²) in [5.74, 6) is 0.750. The minimum Gasteiger partial charge on any atom is -0.491 e. The highest BCUT2D eigenvalue weighted by Crippen LogP contribution is 2.36. The fraction of sp³-hybridized carbons (Fsp3) is 0.200. The molecule has 6 heteroatoms. The molecule has 3 rings (SSSR count). The summed E-state index contributed by atoms with van der Waals surface area (Å²) in [7, 11) is 2.05. The van der Waals surface area contributed by atoms with E-state index in [1.165, 1.54) is 5.00 Å². The lowest BCUT2D eigenvalue weighted by atomic mass is 10.2. The average molecular weight is 341 g/mol. The number of likely N-dealkylation sites (N-methyl/N-ethyl adjacent to an activating group) is 1. The monoisotopic (exact) mass is 340 g/mol. The van der Waals surface area contributed by atoms with Crippen molar-refractivity contribution >= 4 is 50.4 Å². The molecule has 0 saturated carbocycles. The van der Waals surface area contributed by atoms with Crippen LogP contribution in [0.4, 0.5) is 5.00 Å². The van der Waals surface area contributed by atoms with Gasteiger partial charge in [0.1, 0.15) is 12.4 Å². The fourth-order valence-electron chi connectivity index (χ4n) is 2.15. The zero-order valence-corrected chi connectivity index (χ0v) is 13.7. The number of thiophene rings is 1. The van der Waals surface area contributed by atoms with E-state index in [0.29, 0.717) is 16.7 Å². The van der Waals surface area contributed by atoms with E-state index in [1.54, 1.807) is 17.5 Å². The molecule has 0 aliphatic heterocycles. The number of nitrogens with zero attached hydrogens (tertiary/aromatic N) is 1. The van der Waals surface area contributed by atoms with Crippen molar-refractivity contribution in [1.82, 2.24) is 4.98 Å². The molecule has 21 heavy (non-hydrogen) atoms. The number of nitrogens with one attached hydrogen (secondary N) is 1. The molecular weight excluding hydrogens is 327 g/mol. The normalized spacial score (nSPS) is 11.0. The van der Waals surface area contributed by atoms with Crippen molar-refractivity contribution in [2.75, 3.05) is 25.1 Å². The minimum atomic E-state index is 0.576. The lowest BCUT2D eigenvalue weighted by molar-refractivity contribution is 0.330. The first-order chi connectivity index (χ1) is 10.2. The van der Waals surface area contributed by atoms with E-state index >= 15 is 0 Å². The average Bonchev–Trinajstić information content (AvgIpc) is 3.12. The molecule has 0 fully saturated rings. The lowest BCUT2D eigenvalue weighted by Crippen LogP contribution is -2.22. The first-order valence-electron chi connectivity index (χ1n) is 6.49. The molecule has 1 N–H and O–H groups in total. The third-order valence-corrected chi connectivity index (χ3v) is 4.86. The van der Waals surface area contributed by atoms with Crippen molar-refractivity contribution in [3.8, 4) is 5.75 Å². The maximum absolute atomic E-state index is 6.19. The van der Waals surface area contributed by atoms with Crippen LogP contribution in [0.5, 0.6) is 5.75 Å². The third kappa shape index (κ3) is 2.98. The van der Waals surface area contributed by atoms with Gasteiger partial charge in [0.05, 0.1) is 32.5 Å². The van der Waals surface area contributed by atoms with E-state index in [0.717, 1.165) is 23.2 Å². The Labute approximate surface area is 137 Å². The lowest BCUT2D eigenvalue weighted by Gasteiger charge is -2.17. The second-order valence-electron chi connectivity index (χ2n) is 4.65. The van der Waals surface area contributed by atoms with Gasteiger partial charge in [0, 0.05) is 13.2 Å². The van der Waals surface area contributed by atoms with Crippen LogP contribution < -0.4 is 9.64 Å². The number of aromatic amines is 1. The van der Waals surface area contributed by atoms with Crippen LogP contribution in [-0.2, 0) is 0 Å². The summed E-state index contributed by atoms with van der Waals surface area (Å²) in [5, 5.41) is 5.38. The molecule has 0 unspecified atom stereocenters. The van der Waals surface area contributed by atoms with E-state index in [2.05, 4.69) is 28.4 Å². The third-order valence-electron chi connectivity index (χ3n) is 3.26. The molecule has 0 radical (unpaired) electrons. The molecule has 0 saturated heterocycles. The van der Waals surface area contributed by atoms with Crippen LogP contribution in [0.25, 0.3) is 10.9 Å². The van der Waals surface area contributed by atoms with E-state index in [1.807, 2.05) is 18.2 Å². The number of aromatic nitrogens is 1. The van der Waals surface area contributed by atoms with Crippen LogP contribution in [0.15, 0.2) is 35.8 Å². The van der Waals surface area contributed by atoms with Crippen molar-refractivity contribution in [3.63, 3.8) is 0 Å². The Kier molecular flexibility index (Phi) is 4.29. The van der Waals surface area contributed by atoms with Crippen LogP contribution in [0.3, 0.4) is 0 Å². The number of hydrogen-bond acceptors (Lipinski definition) is 3. The predicted molar refractivity (Wildman–Crippen MR) is 91.4 cm³/mol. The maximum atomic E-state index is 6.19. The number of anilines is 1.